The number of hydrogen-bond acceptors (Lipinski definition) is 2. The highest BCUT2D eigenvalue weighted by Gasteiger charge is 2.24. The number of H-pyrrole nitrogens is 1. The maximum atomic E-state index is 12.6. The zero-order chi connectivity index (χ0) is 15.7. The van der Waals surface area contributed by atoms with Gasteiger partial charge in [-0.05, 0) is 62.5 Å². The lowest BCUT2D eigenvalue weighted by atomic mass is 9.96. The average molecular weight is 320 g/mol. The van der Waals surface area contributed by atoms with E-state index in [9.17, 15) is 4.39 Å². The second-order valence-electron chi connectivity index (χ2n) is 6.61. The van der Waals surface area contributed by atoms with Gasteiger partial charge in [-0.3, -0.25) is 0 Å². The molecule has 0 spiro atoms. The molecule has 2 aromatic rings. The van der Waals surface area contributed by atoms with Crippen molar-refractivity contribution in [3.63, 3.8) is 0 Å². The number of nitrogens with one attached hydrogen (secondary N) is 1. The molecule has 0 bridgehead atoms. The highest BCUT2D eigenvalue weighted by molar-refractivity contribution is 7.99. The molecule has 0 amide bonds. The molecule has 2 heterocycles. The molecule has 4 heteroatoms. The minimum Gasteiger partial charge on any atom is -0.358 e. The van der Waals surface area contributed by atoms with Crippen LogP contribution in [0.15, 0.2) is 23.1 Å². The first kappa shape index (κ1) is 15.9. The Bertz CT molecular complexity index is 650. The van der Waals surface area contributed by atoms with Crippen LogP contribution in [0.3, 0.4) is 0 Å². The highest BCUT2D eigenvalue weighted by atomic mass is 32.2. The Labute approximate surface area is 136 Å². The zero-order valence-electron chi connectivity index (χ0n) is 13.7. The number of likely N-dealkylation sites (N-methyl/N-ethyl adjacent to an activating group) is 1. The van der Waals surface area contributed by atoms with Gasteiger partial charge in [0.2, 0.25) is 0 Å². The van der Waals surface area contributed by atoms with Crippen molar-refractivity contribution in [2.24, 2.45) is 0 Å². The molecule has 22 heavy (non-hydrogen) atoms. The van der Waals surface area contributed by atoms with Gasteiger partial charge in [0, 0.05) is 27.5 Å². The predicted octanol–water partition coefficient (Wildman–Crippen LogP) is 4.95. The maximum absolute atomic E-state index is 12.6. The molecule has 0 unspecified atom stereocenters. The van der Waals surface area contributed by atoms with E-state index in [4.69, 9.17) is 0 Å². The van der Waals surface area contributed by atoms with Crippen molar-refractivity contribution >= 4 is 22.7 Å². The van der Waals surface area contributed by atoms with Crippen LogP contribution >= 0.6 is 11.8 Å². The standard InChI is InChI=1S/C18H25FN2S/c1-12(2)18-16(9-13-5-4-8-21(13)3)15-10-14(22-11-19)6-7-17(15)20-18/h6-7,10,12-13,20H,4-5,8-9,11H2,1-3H3/t13-/m1/s1. The van der Waals surface area contributed by atoms with Gasteiger partial charge < -0.3 is 9.88 Å². The van der Waals surface area contributed by atoms with Gasteiger partial charge in [-0.25, -0.2) is 4.39 Å². The van der Waals surface area contributed by atoms with Crippen molar-refractivity contribution in [3.05, 3.63) is 29.5 Å². The summed E-state index contributed by atoms with van der Waals surface area (Å²) in [4.78, 5) is 7.09. The van der Waals surface area contributed by atoms with E-state index in [0.717, 1.165) is 11.3 Å². The third kappa shape index (κ3) is 3.04. The molecule has 1 aliphatic heterocycles. The first-order valence-corrected chi connectivity index (χ1v) is 9.12. The van der Waals surface area contributed by atoms with Crippen molar-refractivity contribution in [2.45, 2.75) is 50.0 Å². The molecular formula is C18H25FN2S. The number of nitrogens with zero attached hydrogens (tertiary/aromatic N) is 1. The number of aromatic nitrogens is 1. The van der Waals surface area contributed by atoms with E-state index in [1.807, 2.05) is 6.07 Å². The van der Waals surface area contributed by atoms with Crippen LogP contribution in [0.1, 0.15) is 43.9 Å². The summed E-state index contributed by atoms with van der Waals surface area (Å²) >= 11 is 1.27. The molecule has 0 aliphatic carbocycles. The Balaban J connectivity index is 2.03. The number of halogens is 1. The summed E-state index contributed by atoms with van der Waals surface area (Å²) in [5.74, 6) is 0.478. The molecular weight excluding hydrogens is 295 g/mol. The van der Waals surface area contributed by atoms with Crippen LogP contribution in [-0.2, 0) is 6.42 Å². The van der Waals surface area contributed by atoms with Gasteiger partial charge in [0.1, 0.15) is 6.01 Å². The third-order valence-corrected chi connectivity index (χ3v) is 5.52. The highest BCUT2D eigenvalue weighted by Crippen LogP contribution is 2.33. The number of likely N-dealkylation sites (tertiary alicyclic amines) is 1. The molecule has 1 fully saturated rings. The van der Waals surface area contributed by atoms with E-state index in [-0.39, 0.29) is 6.01 Å². The minimum absolute atomic E-state index is 0.367. The molecule has 1 aliphatic rings. The molecule has 0 saturated carbocycles. The molecule has 0 radical (unpaired) electrons. The fraction of sp³-hybridized carbons (Fsp3) is 0.556. The Morgan fingerprint density at radius 3 is 2.86 bits per heavy atom. The van der Waals surface area contributed by atoms with Crippen LogP contribution in [0.5, 0.6) is 0 Å². The lowest BCUT2D eigenvalue weighted by molar-refractivity contribution is 0.309. The van der Waals surface area contributed by atoms with Crippen LogP contribution in [-0.4, -0.2) is 35.5 Å². The van der Waals surface area contributed by atoms with Crippen molar-refractivity contribution in [1.82, 2.24) is 9.88 Å². The largest absolute Gasteiger partial charge is 0.358 e. The fourth-order valence-electron chi connectivity index (χ4n) is 3.59. The zero-order valence-corrected chi connectivity index (χ0v) is 14.5. The first-order chi connectivity index (χ1) is 10.6. The van der Waals surface area contributed by atoms with Gasteiger partial charge in [-0.2, -0.15) is 0 Å². The summed E-state index contributed by atoms with van der Waals surface area (Å²) in [6.07, 6.45) is 3.66. The molecule has 1 aromatic carbocycles. The van der Waals surface area contributed by atoms with E-state index < -0.39 is 0 Å². The van der Waals surface area contributed by atoms with Gasteiger partial charge in [-0.15, -0.1) is 0 Å². The Morgan fingerprint density at radius 1 is 1.41 bits per heavy atom. The summed E-state index contributed by atoms with van der Waals surface area (Å²) in [6, 6.07) is 6.54. The summed E-state index contributed by atoms with van der Waals surface area (Å²) in [5.41, 5.74) is 3.96. The van der Waals surface area contributed by atoms with Crippen molar-refractivity contribution in [1.29, 1.82) is 0 Å². The SMILES string of the molecule is CC(C)c1[nH]c2ccc(SCF)cc2c1C[C@H]1CCCN1C. The van der Waals surface area contributed by atoms with Crippen LogP contribution in [0.25, 0.3) is 10.9 Å². The number of thioether (sulfide) groups is 1. The van der Waals surface area contributed by atoms with Gasteiger partial charge in [0.25, 0.3) is 0 Å². The summed E-state index contributed by atoms with van der Waals surface area (Å²) in [7, 11) is 2.23. The number of alkyl halides is 1. The van der Waals surface area contributed by atoms with E-state index in [2.05, 4.69) is 42.9 Å². The molecule has 1 aromatic heterocycles. The number of fused-ring (bicyclic) bond motifs is 1. The lowest BCUT2D eigenvalue weighted by Crippen LogP contribution is -2.27. The monoisotopic (exact) mass is 320 g/mol. The van der Waals surface area contributed by atoms with Gasteiger partial charge >= 0.3 is 0 Å². The van der Waals surface area contributed by atoms with Crippen LogP contribution < -0.4 is 0 Å². The molecule has 2 nitrogen and oxygen atoms in total. The molecule has 1 atom stereocenters. The van der Waals surface area contributed by atoms with Crippen LogP contribution in [0, 0.1) is 0 Å². The van der Waals surface area contributed by atoms with E-state index in [1.165, 1.54) is 53.3 Å². The number of rotatable bonds is 5. The second-order valence-corrected chi connectivity index (χ2v) is 7.59. The van der Waals surface area contributed by atoms with E-state index in [1.54, 1.807) is 0 Å². The number of benzene rings is 1. The molecule has 1 saturated heterocycles. The van der Waals surface area contributed by atoms with Crippen LogP contribution in [0.2, 0.25) is 0 Å². The maximum Gasteiger partial charge on any atom is 0.139 e. The Hall–Kier alpha value is -1.00. The lowest BCUT2D eigenvalue weighted by Gasteiger charge is -2.20. The fourth-order valence-corrected chi connectivity index (χ4v) is 4.08. The smallest absolute Gasteiger partial charge is 0.139 e. The van der Waals surface area contributed by atoms with Gasteiger partial charge in [0.15, 0.2) is 0 Å². The van der Waals surface area contributed by atoms with Gasteiger partial charge in [0.05, 0.1) is 0 Å². The Morgan fingerprint density at radius 2 is 2.23 bits per heavy atom. The molecule has 120 valence electrons. The molecule has 3 rings (SSSR count). The Kier molecular flexibility index (Phi) is 4.79. The predicted molar refractivity (Wildman–Crippen MR) is 93.6 cm³/mol. The number of aromatic amines is 1. The van der Waals surface area contributed by atoms with E-state index in [0.29, 0.717) is 12.0 Å². The van der Waals surface area contributed by atoms with E-state index >= 15 is 0 Å². The van der Waals surface area contributed by atoms with Crippen molar-refractivity contribution in [3.8, 4) is 0 Å². The summed E-state index contributed by atoms with van der Waals surface area (Å²) in [6.45, 7) is 5.68. The topological polar surface area (TPSA) is 19.0 Å². The second kappa shape index (κ2) is 6.63. The van der Waals surface area contributed by atoms with Gasteiger partial charge in [-0.1, -0.05) is 25.6 Å². The summed E-state index contributed by atoms with van der Waals surface area (Å²) in [5, 5.41) is 1.28. The first-order valence-electron chi connectivity index (χ1n) is 8.13. The summed E-state index contributed by atoms with van der Waals surface area (Å²) < 4.78 is 12.6. The quantitative estimate of drug-likeness (QED) is 0.786. The van der Waals surface area contributed by atoms with Crippen molar-refractivity contribution in [2.75, 3.05) is 19.6 Å². The van der Waals surface area contributed by atoms with Crippen molar-refractivity contribution < 1.29 is 4.39 Å². The minimum atomic E-state index is -0.367. The third-order valence-electron chi connectivity index (χ3n) is 4.82. The number of hydrogen-bond donors (Lipinski definition) is 1. The normalized spacial score (nSPS) is 19.6. The molecule has 1 N–H and O–H groups in total. The van der Waals surface area contributed by atoms with Crippen LogP contribution in [0.4, 0.5) is 4.39 Å². The average Bonchev–Trinajstić information content (AvgIpc) is 3.05.